The van der Waals surface area contributed by atoms with E-state index in [-0.39, 0.29) is 5.54 Å². The monoisotopic (exact) mass is 269 g/mol. The first-order chi connectivity index (χ1) is 8.45. The molecule has 0 spiro atoms. The van der Waals surface area contributed by atoms with Crippen LogP contribution in [0.3, 0.4) is 0 Å². The van der Waals surface area contributed by atoms with E-state index in [0.717, 1.165) is 11.8 Å². The van der Waals surface area contributed by atoms with Gasteiger partial charge < -0.3 is 5.32 Å². The van der Waals surface area contributed by atoms with Crippen LogP contribution >= 0.6 is 11.8 Å². The van der Waals surface area contributed by atoms with Gasteiger partial charge in [0.25, 0.3) is 0 Å². The first-order valence-corrected chi connectivity index (χ1v) is 9.08. The molecule has 1 nitrogen and oxygen atoms in total. The SMILES string of the molecule is CSCCCC1(CNC(C)(C)C)CC2CCC1C2. The van der Waals surface area contributed by atoms with Gasteiger partial charge >= 0.3 is 0 Å². The molecule has 2 heteroatoms. The second kappa shape index (κ2) is 5.75. The van der Waals surface area contributed by atoms with Crippen LogP contribution in [0.4, 0.5) is 0 Å². The lowest BCUT2D eigenvalue weighted by Gasteiger charge is -2.40. The molecule has 18 heavy (non-hydrogen) atoms. The predicted octanol–water partition coefficient (Wildman–Crippen LogP) is 4.32. The van der Waals surface area contributed by atoms with E-state index in [1.165, 1.54) is 50.8 Å². The largest absolute Gasteiger partial charge is 0.312 e. The zero-order chi connectivity index (χ0) is 13.2. The van der Waals surface area contributed by atoms with Crippen LogP contribution in [0, 0.1) is 17.3 Å². The molecule has 2 bridgehead atoms. The van der Waals surface area contributed by atoms with E-state index in [0.29, 0.717) is 5.41 Å². The summed E-state index contributed by atoms with van der Waals surface area (Å²) < 4.78 is 0. The maximum absolute atomic E-state index is 3.81. The maximum atomic E-state index is 3.81. The molecule has 2 rings (SSSR count). The molecule has 3 unspecified atom stereocenters. The number of fused-ring (bicyclic) bond motifs is 2. The molecule has 0 heterocycles. The molecule has 0 aromatic carbocycles. The van der Waals surface area contributed by atoms with Crippen LogP contribution < -0.4 is 5.32 Å². The van der Waals surface area contributed by atoms with Crippen molar-refractivity contribution in [2.24, 2.45) is 17.3 Å². The van der Waals surface area contributed by atoms with Crippen molar-refractivity contribution in [3.63, 3.8) is 0 Å². The van der Waals surface area contributed by atoms with Gasteiger partial charge in [-0.3, -0.25) is 0 Å². The Hall–Kier alpha value is 0.310. The van der Waals surface area contributed by atoms with E-state index in [9.17, 15) is 0 Å². The summed E-state index contributed by atoms with van der Waals surface area (Å²) in [6, 6.07) is 0. The molecule has 2 fully saturated rings. The Morgan fingerprint density at radius 3 is 2.56 bits per heavy atom. The Bertz CT molecular complexity index is 271. The molecular weight excluding hydrogens is 238 g/mol. The molecule has 0 aromatic rings. The lowest BCUT2D eigenvalue weighted by Crippen LogP contribution is -2.46. The van der Waals surface area contributed by atoms with Crippen LogP contribution in [0.1, 0.15) is 59.3 Å². The fourth-order valence-electron chi connectivity index (χ4n) is 4.18. The summed E-state index contributed by atoms with van der Waals surface area (Å²) in [6.07, 6.45) is 11.2. The van der Waals surface area contributed by atoms with Crippen LogP contribution in [-0.4, -0.2) is 24.1 Å². The van der Waals surface area contributed by atoms with Crippen molar-refractivity contribution in [3.8, 4) is 0 Å². The summed E-state index contributed by atoms with van der Waals surface area (Å²) in [5, 5.41) is 3.81. The normalized spacial score (nSPS) is 35.3. The van der Waals surface area contributed by atoms with Crippen molar-refractivity contribution in [3.05, 3.63) is 0 Å². The van der Waals surface area contributed by atoms with Crippen LogP contribution in [0.5, 0.6) is 0 Å². The van der Waals surface area contributed by atoms with Crippen molar-refractivity contribution in [1.29, 1.82) is 0 Å². The Morgan fingerprint density at radius 1 is 1.28 bits per heavy atom. The third-order valence-corrected chi connectivity index (χ3v) is 5.79. The van der Waals surface area contributed by atoms with Gasteiger partial charge in [-0.05, 0) is 82.1 Å². The summed E-state index contributed by atoms with van der Waals surface area (Å²) in [7, 11) is 0. The maximum Gasteiger partial charge on any atom is 0.00967 e. The first-order valence-electron chi connectivity index (χ1n) is 7.69. The van der Waals surface area contributed by atoms with E-state index in [1.54, 1.807) is 0 Å². The van der Waals surface area contributed by atoms with Crippen LogP contribution in [-0.2, 0) is 0 Å². The number of hydrogen-bond acceptors (Lipinski definition) is 2. The smallest absolute Gasteiger partial charge is 0.00967 e. The van der Waals surface area contributed by atoms with Crippen LogP contribution in [0.25, 0.3) is 0 Å². The molecule has 0 aliphatic heterocycles. The number of hydrogen-bond donors (Lipinski definition) is 1. The quantitative estimate of drug-likeness (QED) is 0.721. The highest BCUT2D eigenvalue weighted by molar-refractivity contribution is 7.98. The topological polar surface area (TPSA) is 12.0 Å². The highest BCUT2D eigenvalue weighted by atomic mass is 32.2. The summed E-state index contributed by atoms with van der Waals surface area (Å²) in [4.78, 5) is 0. The van der Waals surface area contributed by atoms with Crippen LogP contribution in [0.2, 0.25) is 0 Å². The van der Waals surface area contributed by atoms with Gasteiger partial charge in [0, 0.05) is 12.1 Å². The summed E-state index contributed by atoms with van der Waals surface area (Å²) in [5.41, 5.74) is 0.917. The summed E-state index contributed by atoms with van der Waals surface area (Å²) in [5.74, 6) is 3.43. The second-order valence-electron chi connectivity index (χ2n) is 7.64. The van der Waals surface area contributed by atoms with Crippen molar-refractivity contribution >= 4 is 11.8 Å². The van der Waals surface area contributed by atoms with Gasteiger partial charge in [0.2, 0.25) is 0 Å². The molecule has 0 saturated heterocycles. The van der Waals surface area contributed by atoms with Gasteiger partial charge in [-0.15, -0.1) is 0 Å². The van der Waals surface area contributed by atoms with Gasteiger partial charge in [0.05, 0.1) is 0 Å². The molecule has 3 atom stereocenters. The number of thioether (sulfide) groups is 1. The van der Waals surface area contributed by atoms with Crippen molar-refractivity contribution in [2.45, 2.75) is 64.8 Å². The van der Waals surface area contributed by atoms with Gasteiger partial charge in [-0.1, -0.05) is 6.42 Å². The van der Waals surface area contributed by atoms with Gasteiger partial charge in [0.15, 0.2) is 0 Å². The molecule has 0 aromatic heterocycles. The molecule has 0 amide bonds. The Labute approximate surface area is 118 Å². The van der Waals surface area contributed by atoms with Crippen molar-refractivity contribution in [2.75, 3.05) is 18.6 Å². The summed E-state index contributed by atoms with van der Waals surface area (Å²) in [6.45, 7) is 8.16. The van der Waals surface area contributed by atoms with E-state index in [2.05, 4.69) is 32.3 Å². The zero-order valence-electron chi connectivity index (χ0n) is 12.7. The van der Waals surface area contributed by atoms with E-state index in [4.69, 9.17) is 0 Å². The molecule has 1 N–H and O–H groups in total. The molecule has 106 valence electrons. The van der Waals surface area contributed by atoms with Crippen LogP contribution in [0.15, 0.2) is 0 Å². The standard InChI is InChI=1S/C16H31NS/c1-15(2,3)17-12-16(8-5-9-18-4)11-13-6-7-14(16)10-13/h13-14,17H,5-12H2,1-4H3. The lowest BCUT2D eigenvalue weighted by atomic mass is 9.70. The molecule has 2 aliphatic carbocycles. The number of rotatable bonds is 6. The zero-order valence-corrected chi connectivity index (χ0v) is 13.5. The summed E-state index contributed by atoms with van der Waals surface area (Å²) >= 11 is 2.01. The Balaban J connectivity index is 1.95. The van der Waals surface area contributed by atoms with Gasteiger partial charge in [0.1, 0.15) is 0 Å². The van der Waals surface area contributed by atoms with Gasteiger partial charge in [-0.25, -0.2) is 0 Å². The molecule has 2 aliphatic rings. The predicted molar refractivity (Wildman–Crippen MR) is 83.3 cm³/mol. The lowest BCUT2D eigenvalue weighted by molar-refractivity contribution is 0.130. The minimum atomic E-state index is 0.272. The number of nitrogens with one attached hydrogen (secondary N) is 1. The molecule has 2 saturated carbocycles. The van der Waals surface area contributed by atoms with Gasteiger partial charge in [-0.2, -0.15) is 11.8 Å². The minimum Gasteiger partial charge on any atom is -0.312 e. The third kappa shape index (κ3) is 3.45. The molecular formula is C16H31NS. The Kier molecular flexibility index (Phi) is 4.70. The first kappa shape index (κ1) is 14.7. The average molecular weight is 269 g/mol. The second-order valence-corrected chi connectivity index (χ2v) is 8.63. The molecule has 0 radical (unpaired) electrons. The van der Waals surface area contributed by atoms with Crippen molar-refractivity contribution in [1.82, 2.24) is 5.32 Å². The van der Waals surface area contributed by atoms with E-state index in [1.807, 2.05) is 11.8 Å². The highest BCUT2D eigenvalue weighted by Gasteiger charge is 2.50. The third-order valence-electron chi connectivity index (χ3n) is 5.10. The minimum absolute atomic E-state index is 0.272. The Morgan fingerprint density at radius 2 is 2.06 bits per heavy atom. The average Bonchev–Trinajstić information content (AvgIpc) is 2.86. The fraction of sp³-hybridized carbons (Fsp3) is 1.00. The van der Waals surface area contributed by atoms with Crippen molar-refractivity contribution < 1.29 is 0 Å². The fourth-order valence-corrected chi connectivity index (χ4v) is 4.61. The van der Waals surface area contributed by atoms with E-state index < -0.39 is 0 Å². The highest BCUT2D eigenvalue weighted by Crippen LogP contribution is 2.57. The van der Waals surface area contributed by atoms with E-state index >= 15 is 0 Å².